The number of nitrogens with one attached hydrogen (secondary N) is 2. The summed E-state index contributed by atoms with van der Waals surface area (Å²) in [6.45, 7) is 2.02. The van der Waals surface area contributed by atoms with Crippen LogP contribution in [0.4, 0.5) is 16.3 Å². The Bertz CT molecular complexity index is 775. The molecule has 1 aliphatic rings. The van der Waals surface area contributed by atoms with Crippen LogP contribution in [-0.2, 0) is 17.6 Å². The van der Waals surface area contributed by atoms with Gasteiger partial charge in [0.1, 0.15) is 11.4 Å². The van der Waals surface area contributed by atoms with E-state index in [1.807, 2.05) is 18.2 Å². The van der Waals surface area contributed by atoms with Crippen LogP contribution in [0.5, 0.6) is 0 Å². The highest BCUT2D eigenvalue weighted by atomic mass is 16.5. The first-order chi connectivity index (χ1) is 12.2. The normalized spacial score (nSPS) is 12.8. The van der Waals surface area contributed by atoms with Gasteiger partial charge in [-0.1, -0.05) is 18.2 Å². The van der Waals surface area contributed by atoms with E-state index in [0.29, 0.717) is 11.3 Å². The predicted octanol–water partition coefficient (Wildman–Crippen LogP) is 3.78. The van der Waals surface area contributed by atoms with Crippen molar-refractivity contribution in [1.29, 1.82) is 0 Å². The maximum Gasteiger partial charge on any atom is 0.341 e. The minimum Gasteiger partial charge on any atom is -0.462 e. The molecule has 2 amide bonds. The molecule has 3 rings (SSSR count). The maximum absolute atomic E-state index is 12.3. The molecule has 0 saturated heterocycles. The fourth-order valence-corrected chi connectivity index (χ4v) is 2.88. The first-order valence-corrected chi connectivity index (χ1v) is 8.50. The van der Waals surface area contributed by atoms with Crippen LogP contribution in [-0.4, -0.2) is 23.6 Å². The van der Waals surface area contributed by atoms with Gasteiger partial charge in [0.05, 0.1) is 6.61 Å². The number of anilines is 2. The van der Waals surface area contributed by atoms with Crippen LogP contribution in [0.15, 0.2) is 36.4 Å². The molecule has 0 fully saturated rings. The van der Waals surface area contributed by atoms with Crippen molar-refractivity contribution in [3.63, 3.8) is 0 Å². The number of hydrogen-bond donors (Lipinski definition) is 2. The molecule has 0 bridgehead atoms. The second-order valence-electron chi connectivity index (χ2n) is 5.86. The number of ether oxygens (including phenoxy) is 1. The van der Waals surface area contributed by atoms with Gasteiger partial charge < -0.3 is 10.1 Å². The molecule has 130 valence electrons. The number of para-hydroxylation sites is 1. The van der Waals surface area contributed by atoms with Crippen LogP contribution < -0.4 is 10.6 Å². The lowest BCUT2D eigenvalue weighted by Crippen LogP contribution is -2.23. The first kappa shape index (κ1) is 17.0. The van der Waals surface area contributed by atoms with Gasteiger partial charge in [-0.05, 0) is 56.4 Å². The molecule has 25 heavy (non-hydrogen) atoms. The van der Waals surface area contributed by atoms with Gasteiger partial charge in [0.2, 0.25) is 0 Å². The van der Waals surface area contributed by atoms with Crippen LogP contribution in [0, 0.1) is 0 Å². The lowest BCUT2D eigenvalue weighted by atomic mass is 9.94. The zero-order chi connectivity index (χ0) is 17.6. The summed E-state index contributed by atoms with van der Waals surface area (Å²) >= 11 is 0. The fraction of sp³-hybridized carbons (Fsp3) is 0.316. The van der Waals surface area contributed by atoms with Gasteiger partial charge in [0, 0.05) is 11.4 Å². The van der Waals surface area contributed by atoms with Gasteiger partial charge in [0.15, 0.2) is 0 Å². The van der Waals surface area contributed by atoms with Gasteiger partial charge in [-0.3, -0.25) is 5.32 Å². The van der Waals surface area contributed by atoms with Crippen molar-refractivity contribution in [2.75, 3.05) is 17.2 Å². The number of urea groups is 1. The molecule has 1 aromatic carbocycles. The van der Waals surface area contributed by atoms with Crippen LogP contribution >= 0.6 is 0 Å². The van der Waals surface area contributed by atoms with E-state index >= 15 is 0 Å². The van der Waals surface area contributed by atoms with Gasteiger partial charge in [0.25, 0.3) is 0 Å². The van der Waals surface area contributed by atoms with Crippen molar-refractivity contribution in [3.8, 4) is 0 Å². The molecule has 0 radical (unpaired) electrons. The van der Waals surface area contributed by atoms with Crippen LogP contribution in [0.3, 0.4) is 0 Å². The standard InChI is InChI=1S/C19H21N3O3/c1-2-25-18(23)15-12-13-8-6-7-11-16(13)21-17(15)22-19(24)20-14-9-4-3-5-10-14/h3-5,9-10,12H,2,6-8,11H2,1H3,(H2,20,21,22,24). The molecular weight excluding hydrogens is 318 g/mol. The number of nitrogens with zero attached hydrogens (tertiary/aromatic N) is 1. The van der Waals surface area contributed by atoms with Crippen molar-refractivity contribution >= 4 is 23.5 Å². The Kier molecular flexibility index (Phi) is 5.28. The number of aromatic nitrogens is 1. The highest BCUT2D eigenvalue weighted by molar-refractivity contribution is 6.04. The Balaban J connectivity index is 1.85. The van der Waals surface area contributed by atoms with E-state index in [4.69, 9.17) is 4.74 Å². The SMILES string of the molecule is CCOC(=O)c1cc2c(nc1NC(=O)Nc1ccccc1)CCCC2. The lowest BCUT2D eigenvalue weighted by molar-refractivity contribution is 0.0527. The average molecular weight is 339 g/mol. The van der Waals surface area contributed by atoms with E-state index in [-0.39, 0.29) is 12.4 Å². The molecule has 0 spiro atoms. The summed E-state index contributed by atoms with van der Waals surface area (Å²) in [7, 11) is 0. The summed E-state index contributed by atoms with van der Waals surface area (Å²) in [5.74, 6) is -0.231. The maximum atomic E-state index is 12.3. The van der Waals surface area contributed by atoms with Crippen LogP contribution in [0.1, 0.15) is 41.4 Å². The van der Waals surface area contributed by atoms with E-state index < -0.39 is 12.0 Å². The van der Waals surface area contributed by atoms with Gasteiger partial charge in [-0.2, -0.15) is 0 Å². The van der Waals surface area contributed by atoms with E-state index in [1.165, 1.54) is 0 Å². The zero-order valence-electron chi connectivity index (χ0n) is 14.2. The Morgan fingerprint density at radius 2 is 1.88 bits per heavy atom. The Morgan fingerprint density at radius 3 is 2.64 bits per heavy atom. The summed E-state index contributed by atoms with van der Waals surface area (Å²) in [5, 5.41) is 5.41. The number of benzene rings is 1. The van der Waals surface area contributed by atoms with Crippen LogP contribution in [0.25, 0.3) is 0 Å². The topological polar surface area (TPSA) is 80.3 Å². The van der Waals surface area contributed by atoms with Crippen molar-refractivity contribution in [1.82, 2.24) is 4.98 Å². The van der Waals surface area contributed by atoms with Gasteiger partial charge in [-0.25, -0.2) is 14.6 Å². The minimum atomic E-state index is -0.474. The van der Waals surface area contributed by atoms with E-state index in [0.717, 1.165) is 36.9 Å². The number of fused-ring (bicyclic) bond motifs is 1. The first-order valence-electron chi connectivity index (χ1n) is 8.50. The summed E-state index contributed by atoms with van der Waals surface area (Å²) in [6.07, 6.45) is 3.89. The smallest absolute Gasteiger partial charge is 0.341 e. The average Bonchev–Trinajstić information content (AvgIpc) is 2.62. The highest BCUT2D eigenvalue weighted by Crippen LogP contribution is 2.25. The summed E-state index contributed by atoms with van der Waals surface area (Å²) in [6, 6.07) is 10.5. The number of hydrogen-bond acceptors (Lipinski definition) is 4. The molecule has 1 heterocycles. The Hall–Kier alpha value is -2.89. The summed E-state index contributed by atoms with van der Waals surface area (Å²) < 4.78 is 5.11. The number of rotatable bonds is 4. The molecule has 2 aromatic rings. The third-order valence-electron chi connectivity index (χ3n) is 4.06. The molecule has 0 unspecified atom stereocenters. The monoisotopic (exact) mass is 339 g/mol. The second kappa shape index (κ2) is 7.79. The van der Waals surface area contributed by atoms with Crippen molar-refractivity contribution < 1.29 is 14.3 Å². The quantitative estimate of drug-likeness (QED) is 0.831. The van der Waals surface area contributed by atoms with E-state index in [9.17, 15) is 9.59 Å². The Morgan fingerprint density at radius 1 is 1.12 bits per heavy atom. The molecular formula is C19H21N3O3. The number of pyridine rings is 1. The summed E-state index contributed by atoms with van der Waals surface area (Å²) in [5.41, 5.74) is 2.96. The van der Waals surface area contributed by atoms with Gasteiger partial charge >= 0.3 is 12.0 Å². The molecule has 0 saturated carbocycles. The number of esters is 1. The lowest BCUT2D eigenvalue weighted by Gasteiger charge is -2.18. The Labute approximate surface area is 146 Å². The molecule has 0 aliphatic heterocycles. The summed E-state index contributed by atoms with van der Waals surface area (Å²) in [4.78, 5) is 29.1. The van der Waals surface area contributed by atoms with Crippen molar-refractivity contribution in [3.05, 3.63) is 53.2 Å². The minimum absolute atomic E-state index is 0.243. The third-order valence-corrected chi connectivity index (χ3v) is 4.06. The highest BCUT2D eigenvalue weighted by Gasteiger charge is 2.21. The fourth-order valence-electron chi connectivity index (χ4n) is 2.88. The number of aryl methyl sites for hydroxylation is 2. The molecule has 1 aromatic heterocycles. The predicted molar refractivity (Wildman–Crippen MR) is 95.9 cm³/mol. The van der Waals surface area contributed by atoms with E-state index in [1.54, 1.807) is 25.1 Å². The molecule has 6 heteroatoms. The van der Waals surface area contributed by atoms with Crippen LogP contribution in [0.2, 0.25) is 0 Å². The van der Waals surface area contributed by atoms with Gasteiger partial charge in [-0.15, -0.1) is 0 Å². The molecule has 2 N–H and O–H groups in total. The molecule has 1 aliphatic carbocycles. The number of carbonyl (C=O) groups is 2. The second-order valence-corrected chi connectivity index (χ2v) is 5.86. The molecule has 6 nitrogen and oxygen atoms in total. The van der Waals surface area contributed by atoms with Crippen molar-refractivity contribution in [2.45, 2.75) is 32.6 Å². The van der Waals surface area contributed by atoms with E-state index in [2.05, 4.69) is 15.6 Å². The number of amides is 2. The number of carbonyl (C=O) groups excluding carboxylic acids is 2. The zero-order valence-corrected chi connectivity index (χ0v) is 14.2. The third kappa shape index (κ3) is 4.15. The van der Waals surface area contributed by atoms with Crippen molar-refractivity contribution in [2.24, 2.45) is 0 Å². The molecule has 0 atom stereocenters. The largest absolute Gasteiger partial charge is 0.462 e.